The summed E-state index contributed by atoms with van der Waals surface area (Å²) in [6, 6.07) is 7.93. The first-order chi connectivity index (χ1) is 13.4. The fraction of sp³-hybridized carbons (Fsp3) is 0.333. The van der Waals surface area contributed by atoms with Crippen molar-refractivity contribution < 1.29 is 28.9 Å². The van der Waals surface area contributed by atoms with E-state index in [2.05, 4.69) is 5.32 Å². The van der Waals surface area contributed by atoms with Crippen LogP contribution < -0.4 is 19.5 Å². The van der Waals surface area contributed by atoms with E-state index in [1.807, 2.05) is 20.8 Å². The molecule has 2 aromatic rings. The van der Waals surface area contributed by atoms with Crippen molar-refractivity contribution in [3.63, 3.8) is 0 Å². The Bertz CT molecular complexity index is 835. The van der Waals surface area contributed by atoms with Gasteiger partial charge in [0.05, 0.1) is 31.1 Å². The van der Waals surface area contributed by atoms with Gasteiger partial charge in [0.15, 0.2) is 11.5 Å². The molecule has 0 saturated heterocycles. The lowest BCUT2D eigenvalue weighted by molar-refractivity contribution is 0.0698. The average molecular weight is 387 g/mol. The molecule has 1 amide bonds. The van der Waals surface area contributed by atoms with Crippen LogP contribution in [-0.4, -0.2) is 36.8 Å². The Balaban J connectivity index is 2.47. The van der Waals surface area contributed by atoms with Crippen LogP contribution in [0.4, 0.5) is 5.69 Å². The lowest BCUT2D eigenvalue weighted by Gasteiger charge is -2.17. The summed E-state index contributed by atoms with van der Waals surface area (Å²) >= 11 is 0. The first-order valence-corrected chi connectivity index (χ1v) is 9.13. The number of ether oxygens (including phenoxy) is 3. The predicted octanol–water partition coefficient (Wildman–Crippen LogP) is 4.14. The molecular formula is C21H25NO6. The number of amides is 1. The van der Waals surface area contributed by atoms with E-state index in [1.165, 1.54) is 6.07 Å². The molecule has 0 saturated carbocycles. The summed E-state index contributed by atoms with van der Waals surface area (Å²) in [6.07, 6.45) is 0. The van der Waals surface area contributed by atoms with Gasteiger partial charge in [-0.05, 0) is 51.5 Å². The van der Waals surface area contributed by atoms with Crippen LogP contribution in [0.2, 0.25) is 0 Å². The van der Waals surface area contributed by atoms with E-state index in [0.29, 0.717) is 42.6 Å². The minimum atomic E-state index is -1.12. The highest BCUT2D eigenvalue weighted by atomic mass is 16.5. The van der Waals surface area contributed by atoms with E-state index >= 15 is 0 Å². The maximum absolute atomic E-state index is 12.9. The molecule has 7 nitrogen and oxygen atoms in total. The Labute approximate surface area is 164 Å². The minimum Gasteiger partial charge on any atom is -0.490 e. The van der Waals surface area contributed by atoms with Crippen molar-refractivity contribution in [3.8, 4) is 17.2 Å². The van der Waals surface area contributed by atoms with Gasteiger partial charge in [0.1, 0.15) is 0 Å². The first kappa shape index (κ1) is 21.1. The SMILES string of the molecule is CCOc1cc(C(=O)Nc2c(C)cccc2C(=O)O)cc(OCC)c1OCC. The lowest BCUT2D eigenvalue weighted by Crippen LogP contribution is -2.16. The molecular weight excluding hydrogens is 362 g/mol. The van der Waals surface area contributed by atoms with Crippen molar-refractivity contribution in [2.75, 3.05) is 25.1 Å². The summed E-state index contributed by atoms with van der Waals surface area (Å²) in [7, 11) is 0. The van der Waals surface area contributed by atoms with E-state index < -0.39 is 11.9 Å². The fourth-order valence-corrected chi connectivity index (χ4v) is 2.72. The summed E-state index contributed by atoms with van der Waals surface area (Å²) in [5, 5.41) is 12.1. The Kier molecular flexibility index (Phi) is 7.26. The number of carboxylic acids is 1. The summed E-state index contributed by atoms with van der Waals surface area (Å²) < 4.78 is 16.9. The zero-order valence-electron chi connectivity index (χ0n) is 16.5. The molecule has 0 aromatic heterocycles. The smallest absolute Gasteiger partial charge is 0.337 e. The summed E-state index contributed by atoms with van der Waals surface area (Å²) in [4.78, 5) is 24.3. The van der Waals surface area contributed by atoms with Gasteiger partial charge < -0.3 is 24.6 Å². The Morgan fingerprint density at radius 2 is 1.54 bits per heavy atom. The third kappa shape index (κ3) is 4.73. The van der Waals surface area contributed by atoms with Gasteiger partial charge >= 0.3 is 5.97 Å². The minimum absolute atomic E-state index is 0.0225. The number of nitrogens with one attached hydrogen (secondary N) is 1. The third-order valence-electron chi connectivity index (χ3n) is 3.91. The first-order valence-electron chi connectivity index (χ1n) is 9.13. The molecule has 0 aliphatic heterocycles. The summed E-state index contributed by atoms with van der Waals surface area (Å²) in [6.45, 7) is 8.42. The zero-order valence-corrected chi connectivity index (χ0v) is 16.5. The van der Waals surface area contributed by atoms with Gasteiger partial charge in [0, 0.05) is 5.56 Å². The Morgan fingerprint density at radius 1 is 0.964 bits per heavy atom. The quantitative estimate of drug-likeness (QED) is 0.671. The van der Waals surface area contributed by atoms with Gasteiger partial charge in [-0.15, -0.1) is 0 Å². The number of hydrogen-bond donors (Lipinski definition) is 2. The van der Waals surface area contributed by atoms with Gasteiger partial charge in [-0.1, -0.05) is 12.1 Å². The highest BCUT2D eigenvalue weighted by Gasteiger charge is 2.20. The summed E-state index contributed by atoms with van der Waals surface area (Å²) in [5.74, 6) is -0.366. The molecule has 150 valence electrons. The normalized spacial score (nSPS) is 10.3. The molecule has 28 heavy (non-hydrogen) atoms. The van der Waals surface area contributed by atoms with Crippen LogP contribution in [0.5, 0.6) is 17.2 Å². The van der Waals surface area contributed by atoms with Crippen LogP contribution in [-0.2, 0) is 0 Å². The van der Waals surface area contributed by atoms with Crippen molar-refractivity contribution in [3.05, 3.63) is 47.0 Å². The van der Waals surface area contributed by atoms with Crippen LogP contribution >= 0.6 is 0 Å². The Hall–Kier alpha value is -3.22. The second-order valence-corrected chi connectivity index (χ2v) is 5.86. The molecule has 0 spiro atoms. The van der Waals surface area contributed by atoms with E-state index in [0.717, 1.165) is 0 Å². The zero-order chi connectivity index (χ0) is 20.7. The number of aromatic carboxylic acids is 1. The van der Waals surface area contributed by atoms with Crippen molar-refractivity contribution in [2.45, 2.75) is 27.7 Å². The van der Waals surface area contributed by atoms with Crippen molar-refractivity contribution in [1.29, 1.82) is 0 Å². The maximum atomic E-state index is 12.9. The highest BCUT2D eigenvalue weighted by Crippen LogP contribution is 2.39. The van der Waals surface area contributed by atoms with Crippen LogP contribution in [0.1, 0.15) is 47.1 Å². The molecule has 0 radical (unpaired) electrons. The van der Waals surface area contributed by atoms with Crippen molar-refractivity contribution in [2.24, 2.45) is 0 Å². The van der Waals surface area contributed by atoms with Gasteiger partial charge in [0.25, 0.3) is 5.91 Å². The second-order valence-electron chi connectivity index (χ2n) is 5.86. The molecule has 2 rings (SSSR count). The molecule has 0 heterocycles. The van der Waals surface area contributed by atoms with E-state index in [-0.39, 0.29) is 16.8 Å². The third-order valence-corrected chi connectivity index (χ3v) is 3.91. The van der Waals surface area contributed by atoms with Crippen LogP contribution in [0, 0.1) is 6.92 Å². The number of hydrogen-bond acceptors (Lipinski definition) is 5. The molecule has 2 aromatic carbocycles. The summed E-state index contributed by atoms with van der Waals surface area (Å²) in [5.41, 5.74) is 1.20. The average Bonchev–Trinajstić information content (AvgIpc) is 2.65. The maximum Gasteiger partial charge on any atom is 0.337 e. The van der Waals surface area contributed by atoms with E-state index in [9.17, 15) is 14.7 Å². The lowest BCUT2D eigenvalue weighted by atomic mass is 10.1. The number of carbonyl (C=O) groups excluding carboxylic acids is 1. The number of para-hydroxylation sites is 1. The number of anilines is 1. The standard InChI is InChI=1S/C21H25NO6/c1-5-26-16-11-14(12-17(27-6-2)19(16)28-7-3)20(23)22-18-13(4)9-8-10-15(18)21(24)25/h8-12H,5-7H2,1-4H3,(H,22,23)(H,24,25). The number of carbonyl (C=O) groups is 2. The van der Waals surface area contributed by atoms with Crippen LogP contribution in [0.25, 0.3) is 0 Å². The van der Waals surface area contributed by atoms with Gasteiger partial charge in [-0.25, -0.2) is 4.79 Å². The van der Waals surface area contributed by atoms with Crippen molar-refractivity contribution in [1.82, 2.24) is 0 Å². The molecule has 0 aliphatic rings. The second kappa shape index (κ2) is 9.64. The molecule has 0 atom stereocenters. The predicted molar refractivity (Wildman–Crippen MR) is 106 cm³/mol. The number of aryl methyl sites for hydroxylation is 1. The van der Waals surface area contributed by atoms with E-state index in [4.69, 9.17) is 14.2 Å². The fourth-order valence-electron chi connectivity index (χ4n) is 2.72. The van der Waals surface area contributed by atoms with Gasteiger partial charge in [0.2, 0.25) is 5.75 Å². The number of carboxylic acid groups (broad SMARTS) is 1. The molecule has 7 heteroatoms. The number of benzene rings is 2. The van der Waals surface area contributed by atoms with Crippen LogP contribution in [0.3, 0.4) is 0 Å². The topological polar surface area (TPSA) is 94.1 Å². The largest absolute Gasteiger partial charge is 0.490 e. The van der Waals surface area contributed by atoms with Crippen molar-refractivity contribution >= 4 is 17.6 Å². The monoisotopic (exact) mass is 387 g/mol. The molecule has 0 bridgehead atoms. The van der Waals surface area contributed by atoms with Crippen LogP contribution in [0.15, 0.2) is 30.3 Å². The number of rotatable bonds is 9. The molecule has 0 fully saturated rings. The molecule has 0 unspecified atom stereocenters. The highest BCUT2D eigenvalue weighted by molar-refractivity contribution is 6.08. The van der Waals surface area contributed by atoms with Gasteiger partial charge in [-0.3, -0.25) is 4.79 Å². The van der Waals surface area contributed by atoms with Gasteiger partial charge in [-0.2, -0.15) is 0 Å². The molecule has 2 N–H and O–H groups in total. The molecule has 0 aliphatic carbocycles. The Morgan fingerprint density at radius 3 is 2.04 bits per heavy atom. The van der Waals surface area contributed by atoms with E-state index in [1.54, 1.807) is 31.2 Å².